The Morgan fingerprint density at radius 2 is 1.85 bits per heavy atom. The highest BCUT2D eigenvalue weighted by atomic mass is 32.2. The minimum atomic E-state index is -1.99. The van der Waals surface area contributed by atoms with Gasteiger partial charge in [-0.1, -0.05) is 13.8 Å². The third-order valence-electron chi connectivity index (χ3n) is 4.03. The topological polar surface area (TPSA) is 188 Å². The fourth-order valence-electron chi connectivity index (χ4n) is 1.93. The Morgan fingerprint density at radius 3 is 2.33 bits per heavy atom. The van der Waals surface area contributed by atoms with Crippen molar-refractivity contribution in [1.29, 1.82) is 10.8 Å². The van der Waals surface area contributed by atoms with E-state index in [2.05, 4.69) is 15.4 Å². The molecule has 11 nitrogen and oxygen atoms in total. The van der Waals surface area contributed by atoms with E-state index in [0.29, 0.717) is 12.3 Å². The summed E-state index contributed by atoms with van der Waals surface area (Å²) in [5, 5.41) is 40.1. The first-order valence-corrected chi connectivity index (χ1v) is 9.25. The number of nitrogens with zero attached hydrogens (tertiary/aromatic N) is 1. The molecule has 0 aliphatic rings. The number of rotatable bonds is 10. The zero-order valence-corrected chi connectivity index (χ0v) is 17.0. The van der Waals surface area contributed by atoms with E-state index in [1.165, 1.54) is 30.7 Å². The van der Waals surface area contributed by atoms with Crippen molar-refractivity contribution >= 4 is 35.7 Å². The Kier molecular flexibility index (Phi) is 10.1. The quantitative estimate of drug-likeness (QED) is 0.0920. The minimum absolute atomic E-state index is 0.0530. The summed E-state index contributed by atoms with van der Waals surface area (Å²) in [6.45, 7) is 2.84. The fourth-order valence-corrected chi connectivity index (χ4v) is 2.43. The normalized spacial score (nSPS) is 13.3. The molecule has 0 aromatic carbocycles. The van der Waals surface area contributed by atoms with Gasteiger partial charge in [0.1, 0.15) is 0 Å². The van der Waals surface area contributed by atoms with Gasteiger partial charge < -0.3 is 30.9 Å². The molecular weight excluding hydrogens is 374 g/mol. The van der Waals surface area contributed by atoms with Crippen LogP contribution in [-0.4, -0.2) is 77.4 Å². The van der Waals surface area contributed by atoms with Crippen molar-refractivity contribution in [2.24, 2.45) is 11.1 Å². The molecule has 0 aliphatic carbocycles. The van der Waals surface area contributed by atoms with Crippen LogP contribution >= 0.6 is 11.9 Å². The largest absolute Gasteiger partial charge is 0.396 e. The minimum Gasteiger partial charge on any atom is -0.396 e. The number of hydrogen-bond acceptors (Lipinski definition) is 7. The summed E-state index contributed by atoms with van der Waals surface area (Å²) in [6, 6.07) is 0. The van der Waals surface area contributed by atoms with E-state index in [1.807, 2.05) is 0 Å². The number of carbonyl (C=O) groups excluding carboxylic acids is 2. The van der Waals surface area contributed by atoms with E-state index < -0.39 is 23.5 Å². The highest BCUT2D eigenvalue weighted by Gasteiger charge is 2.48. The average molecular weight is 406 g/mol. The number of hydrogen-bond donors (Lipinski definition) is 8. The average Bonchev–Trinajstić information content (AvgIpc) is 2.58. The maximum absolute atomic E-state index is 11.9. The van der Waals surface area contributed by atoms with Crippen LogP contribution in [0.15, 0.2) is 0 Å². The summed E-state index contributed by atoms with van der Waals surface area (Å²) in [4.78, 5) is 25.0. The van der Waals surface area contributed by atoms with Gasteiger partial charge in [0.25, 0.3) is 0 Å². The summed E-state index contributed by atoms with van der Waals surface area (Å²) >= 11 is 1.17. The highest BCUT2D eigenvalue weighted by molar-refractivity contribution is 7.97. The van der Waals surface area contributed by atoms with Crippen molar-refractivity contribution in [3.8, 4) is 0 Å². The van der Waals surface area contributed by atoms with E-state index >= 15 is 0 Å². The van der Waals surface area contributed by atoms with Crippen molar-refractivity contribution in [2.45, 2.75) is 32.3 Å². The van der Waals surface area contributed by atoms with E-state index in [9.17, 15) is 19.8 Å². The van der Waals surface area contributed by atoms with Crippen LogP contribution in [-0.2, 0) is 9.59 Å². The second kappa shape index (κ2) is 10.9. The lowest BCUT2D eigenvalue weighted by Gasteiger charge is -2.38. The van der Waals surface area contributed by atoms with Gasteiger partial charge >= 0.3 is 0 Å². The zero-order chi connectivity index (χ0) is 21.3. The van der Waals surface area contributed by atoms with E-state index in [4.69, 9.17) is 16.6 Å². The molecule has 0 saturated heterocycles. The number of aliphatic hydroxyl groups is 2. The second-order valence-electron chi connectivity index (χ2n) is 6.81. The van der Waals surface area contributed by atoms with Crippen molar-refractivity contribution in [2.75, 3.05) is 33.0 Å². The van der Waals surface area contributed by atoms with Crippen LogP contribution in [0.25, 0.3) is 0 Å². The monoisotopic (exact) mass is 405 g/mol. The number of nitrogens with one attached hydrogen (secondary N) is 5. The molecule has 0 spiro atoms. The van der Waals surface area contributed by atoms with Gasteiger partial charge in [-0.15, -0.1) is 0 Å². The maximum atomic E-state index is 11.9. The van der Waals surface area contributed by atoms with E-state index in [1.54, 1.807) is 14.1 Å². The smallest absolute Gasteiger partial charge is 0.250 e. The predicted octanol–water partition coefficient (Wildman–Crippen LogP) is -1.62. The molecule has 0 rings (SSSR count). The number of nitrogens with two attached hydrogens (primary N) is 1. The van der Waals surface area contributed by atoms with Crippen LogP contribution in [0.3, 0.4) is 0 Å². The Bertz CT molecular complexity index is 556. The molecule has 0 radical (unpaired) electrons. The lowest BCUT2D eigenvalue weighted by molar-refractivity contribution is -0.156. The number of aliphatic hydroxyl groups excluding tert-OH is 1. The second-order valence-corrected chi connectivity index (χ2v) is 7.71. The SMILES string of the molecule is CN(C)C(=N)NC(=N)NSCCNC(=O)CCC(O)(C(N)=O)C(C)(C)CO. The summed E-state index contributed by atoms with van der Waals surface area (Å²) in [7, 11) is 3.35. The van der Waals surface area contributed by atoms with Gasteiger partial charge in [0, 0.05) is 38.2 Å². The van der Waals surface area contributed by atoms with Crippen LogP contribution in [0.4, 0.5) is 0 Å². The molecule has 0 fully saturated rings. The molecule has 0 heterocycles. The molecule has 1 unspecified atom stereocenters. The van der Waals surface area contributed by atoms with Gasteiger partial charge in [-0.2, -0.15) is 0 Å². The van der Waals surface area contributed by atoms with Gasteiger partial charge in [-0.25, -0.2) is 0 Å². The number of carbonyl (C=O) groups is 2. The molecule has 12 heteroatoms. The van der Waals surface area contributed by atoms with E-state index in [-0.39, 0.29) is 30.7 Å². The standard InChI is InChI=1S/C15H31N7O4S/c1-14(2,9-23)15(26,11(16)25)6-5-10(24)19-7-8-27-21-12(17)20-13(18)22(3)4/h23,26H,5-9H2,1-4H3,(H2,16,25)(H,19,24)(H4,17,18,20,21). The zero-order valence-electron chi connectivity index (χ0n) is 16.2. The van der Waals surface area contributed by atoms with Gasteiger partial charge in [-0.3, -0.25) is 25.7 Å². The molecule has 0 saturated carbocycles. The molecule has 0 aromatic heterocycles. The van der Waals surface area contributed by atoms with Crippen molar-refractivity contribution < 1.29 is 19.8 Å². The molecular formula is C15H31N7O4S. The lowest BCUT2D eigenvalue weighted by atomic mass is 9.72. The molecule has 9 N–H and O–H groups in total. The van der Waals surface area contributed by atoms with Crippen LogP contribution in [0, 0.1) is 16.2 Å². The third kappa shape index (κ3) is 8.01. The Morgan fingerprint density at radius 1 is 1.26 bits per heavy atom. The van der Waals surface area contributed by atoms with Crippen LogP contribution in [0.5, 0.6) is 0 Å². The van der Waals surface area contributed by atoms with E-state index in [0.717, 1.165) is 0 Å². The molecule has 0 aliphatic heterocycles. The Balaban J connectivity index is 4.19. The summed E-state index contributed by atoms with van der Waals surface area (Å²) in [5.74, 6) is -0.889. The molecule has 156 valence electrons. The molecule has 1 atom stereocenters. The number of guanidine groups is 2. The van der Waals surface area contributed by atoms with Crippen molar-refractivity contribution in [3.05, 3.63) is 0 Å². The Hall–Kier alpha value is -2.05. The van der Waals surface area contributed by atoms with Crippen LogP contribution in [0.2, 0.25) is 0 Å². The lowest BCUT2D eigenvalue weighted by Crippen LogP contribution is -2.56. The summed E-state index contributed by atoms with van der Waals surface area (Å²) < 4.78 is 2.68. The highest BCUT2D eigenvalue weighted by Crippen LogP contribution is 2.34. The first-order valence-electron chi connectivity index (χ1n) is 8.26. The van der Waals surface area contributed by atoms with Gasteiger partial charge in [0.2, 0.25) is 17.8 Å². The van der Waals surface area contributed by atoms with Gasteiger partial charge in [0.05, 0.1) is 6.61 Å². The molecule has 2 amide bonds. The Labute approximate surface area is 163 Å². The summed E-state index contributed by atoms with van der Waals surface area (Å²) in [6.07, 6.45) is -0.327. The first-order chi connectivity index (χ1) is 12.4. The van der Waals surface area contributed by atoms with Crippen molar-refractivity contribution in [3.63, 3.8) is 0 Å². The third-order valence-corrected chi connectivity index (χ3v) is 4.78. The predicted molar refractivity (Wildman–Crippen MR) is 105 cm³/mol. The number of primary amides is 1. The first kappa shape index (κ1) is 24.9. The van der Waals surface area contributed by atoms with Crippen LogP contribution < -0.4 is 21.1 Å². The molecule has 0 aromatic rings. The van der Waals surface area contributed by atoms with Crippen molar-refractivity contribution in [1.82, 2.24) is 20.3 Å². The molecule has 27 heavy (non-hydrogen) atoms. The maximum Gasteiger partial charge on any atom is 0.250 e. The van der Waals surface area contributed by atoms with Gasteiger partial charge in [0.15, 0.2) is 11.6 Å². The van der Waals surface area contributed by atoms with Crippen LogP contribution in [0.1, 0.15) is 26.7 Å². The summed E-state index contributed by atoms with van der Waals surface area (Å²) in [5.41, 5.74) is 2.09. The molecule has 0 bridgehead atoms. The fraction of sp³-hybridized carbons (Fsp3) is 0.733. The van der Waals surface area contributed by atoms with Gasteiger partial charge in [-0.05, 0) is 18.4 Å². The number of amides is 2.